The standard InChI is InChI=1S/C27H29N3O2S/c1-2-3-13-30-23(16-28-27(30)22-8-5-4-6-9-22)18-29(19-24-10-7-14-33-24)17-21-11-12-25-26(15-21)32-20-31-25/h4-12,14-16H,2-3,13,17-20H2,1H3. The monoisotopic (exact) mass is 459 g/mol. The van der Waals surface area contributed by atoms with E-state index in [0.717, 1.165) is 56.3 Å². The maximum atomic E-state index is 5.61. The molecule has 6 heteroatoms. The summed E-state index contributed by atoms with van der Waals surface area (Å²) in [6, 6.07) is 21.1. The SMILES string of the molecule is CCCCn1c(CN(Cc2ccc3c(c2)OCO3)Cc2cccs2)cnc1-c1ccccc1. The van der Waals surface area contributed by atoms with Crippen LogP contribution in [-0.2, 0) is 26.2 Å². The number of aromatic nitrogens is 2. The molecule has 3 heterocycles. The van der Waals surface area contributed by atoms with Crippen LogP contribution in [0.1, 0.15) is 35.9 Å². The summed E-state index contributed by atoms with van der Waals surface area (Å²) >= 11 is 1.80. The van der Waals surface area contributed by atoms with Gasteiger partial charge in [0, 0.05) is 36.6 Å². The Morgan fingerprint density at radius 2 is 1.85 bits per heavy atom. The number of benzene rings is 2. The van der Waals surface area contributed by atoms with Gasteiger partial charge in [-0.3, -0.25) is 4.90 Å². The van der Waals surface area contributed by atoms with Gasteiger partial charge in [0.15, 0.2) is 11.5 Å². The number of imidazole rings is 1. The Morgan fingerprint density at radius 3 is 2.67 bits per heavy atom. The number of ether oxygens (including phenoxy) is 2. The van der Waals surface area contributed by atoms with Crippen molar-refractivity contribution < 1.29 is 9.47 Å². The molecule has 0 unspecified atom stereocenters. The Morgan fingerprint density at radius 1 is 0.970 bits per heavy atom. The van der Waals surface area contributed by atoms with Crippen LogP contribution in [0.2, 0.25) is 0 Å². The average Bonchev–Trinajstić information content (AvgIpc) is 3.59. The van der Waals surface area contributed by atoms with Gasteiger partial charge in [0.05, 0.1) is 11.9 Å². The van der Waals surface area contributed by atoms with Crippen LogP contribution < -0.4 is 9.47 Å². The van der Waals surface area contributed by atoms with Crippen molar-refractivity contribution in [2.24, 2.45) is 0 Å². The van der Waals surface area contributed by atoms with Gasteiger partial charge < -0.3 is 14.0 Å². The number of rotatable bonds is 10. The zero-order chi connectivity index (χ0) is 22.5. The molecule has 0 amide bonds. The summed E-state index contributed by atoms with van der Waals surface area (Å²) < 4.78 is 13.5. The van der Waals surface area contributed by atoms with Crippen LogP contribution >= 0.6 is 11.3 Å². The van der Waals surface area contributed by atoms with Crippen molar-refractivity contribution in [2.75, 3.05) is 6.79 Å². The molecular weight excluding hydrogens is 430 g/mol. The van der Waals surface area contributed by atoms with Gasteiger partial charge in [0.2, 0.25) is 6.79 Å². The van der Waals surface area contributed by atoms with Gasteiger partial charge in [-0.05, 0) is 35.6 Å². The summed E-state index contributed by atoms with van der Waals surface area (Å²) in [4.78, 5) is 8.69. The van der Waals surface area contributed by atoms with Crippen molar-refractivity contribution in [3.8, 4) is 22.9 Å². The van der Waals surface area contributed by atoms with E-state index in [0.29, 0.717) is 6.79 Å². The van der Waals surface area contributed by atoms with E-state index in [1.807, 2.05) is 6.07 Å². The minimum atomic E-state index is 0.302. The largest absolute Gasteiger partial charge is 0.454 e. The molecule has 0 radical (unpaired) electrons. The maximum Gasteiger partial charge on any atom is 0.231 e. The third-order valence-corrected chi connectivity index (χ3v) is 6.75. The fourth-order valence-electron chi connectivity index (χ4n) is 4.24. The fraction of sp³-hybridized carbons (Fsp3) is 0.296. The predicted octanol–water partition coefficient (Wildman–Crippen LogP) is 6.34. The Hall–Kier alpha value is -3.09. The van der Waals surface area contributed by atoms with Gasteiger partial charge in [-0.1, -0.05) is 55.8 Å². The first-order valence-corrected chi connectivity index (χ1v) is 12.4. The lowest BCUT2D eigenvalue weighted by Crippen LogP contribution is -2.23. The zero-order valence-electron chi connectivity index (χ0n) is 18.9. The molecule has 2 aromatic carbocycles. The summed E-state index contributed by atoms with van der Waals surface area (Å²) in [5.74, 6) is 2.72. The van der Waals surface area contributed by atoms with Crippen LogP contribution in [-0.4, -0.2) is 21.2 Å². The molecule has 1 aliphatic rings. The molecule has 0 saturated heterocycles. The number of fused-ring (bicyclic) bond motifs is 1. The lowest BCUT2D eigenvalue weighted by molar-refractivity contribution is 0.174. The molecule has 0 spiro atoms. The maximum absolute atomic E-state index is 5.61. The second-order valence-electron chi connectivity index (χ2n) is 8.36. The highest BCUT2D eigenvalue weighted by atomic mass is 32.1. The van der Waals surface area contributed by atoms with E-state index >= 15 is 0 Å². The summed E-state index contributed by atoms with van der Waals surface area (Å²) in [6.07, 6.45) is 4.34. The van der Waals surface area contributed by atoms with Crippen molar-refractivity contribution in [1.29, 1.82) is 0 Å². The van der Waals surface area contributed by atoms with E-state index in [1.54, 1.807) is 11.3 Å². The topological polar surface area (TPSA) is 39.5 Å². The molecule has 0 fully saturated rings. The van der Waals surface area contributed by atoms with E-state index in [2.05, 4.69) is 82.6 Å². The van der Waals surface area contributed by atoms with E-state index in [9.17, 15) is 0 Å². The second-order valence-corrected chi connectivity index (χ2v) is 9.39. The van der Waals surface area contributed by atoms with Crippen molar-refractivity contribution in [2.45, 2.75) is 45.9 Å². The minimum absolute atomic E-state index is 0.302. The predicted molar refractivity (Wildman–Crippen MR) is 132 cm³/mol. The van der Waals surface area contributed by atoms with E-state index < -0.39 is 0 Å². The van der Waals surface area contributed by atoms with Gasteiger partial charge in [0.1, 0.15) is 5.82 Å². The molecule has 0 atom stereocenters. The average molecular weight is 460 g/mol. The van der Waals surface area contributed by atoms with Crippen molar-refractivity contribution in [3.05, 3.63) is 88.4 Å². The number of nitrogens with zero attached hydrogens (tertiary/aromatic N) is 3. The fourth-order valence-corrected chi connectivity index (χ4v) is 4.98. The Bertz CT molecular complexity index is 1170. The minimum Gasteiger partial charge on any atom is -0.454 e. The van der Waals surface area contributed by atoms with E-state index in [1.165, 1.54) is 21.7 Å². The van der Waals surface area contributed by atoms with E-state index in [4.69, 9.17) is 14.5 Å². The lowest BCUT2D eigenvalue weighted by Gasteiger charge is -2.23. The molecule has 2 aromatic heterocycles. The van der Waals surface area contributed by atoms with Crippen LogP contribution in [0.15, 0.2) is 72.2 Å². The van der Waals surface area contributed by atoms with Crippen LogP contribution in [0, 0.1) is 0 Å². The quantitative estimate of drug-likeness (QED) is 0.277. The normalized spacial score (nSPS) is 12.5. The summed E-state index contributed by atoms with van der Waals surface area (Å²) in [5, 5.41) is 2.15. The molecule has 0 N–H and O–H groups in total. The molecule has 0 saturated carbocycles. The van der Waals surface area contributed by atoms with Gasteiger partial charge in [-0.2, -0.15) is 0 Å². The first-order valence-electron chi connectivity index (χ1n) is 11.5. The molecular formula is C27H29N3O2S. The van der Waals surface area contributed by atoms with Crippen LogP contribution in [0.5, 0.6) is 11.5 Å². The molecule has 5 rings (SSSR count). The van der Waals surface area contributed by atoms with Crippen LogP contribution in [0.25, 0.3) is 11.4 Å². The summed E-state index contributed by atoms with van der Waals surface area (Å²) in [5.41, 5.74) is 3.64. The molecule has 0 aliphatic carbocycles. The number of unbranched alkanes of at least 4 members (excludes halogenated alkanes) is 1. The van der Waals surface area contributed by atoms with E-state index in [-0.39, 0.29) is 0 Å². The van der Waals surface area contributed by atoms with Crippen molar-refractivity contribution in [3.63, 3.8) is 0 Å². The van der Waals surface area contributed by atoms with Crippen LogP contribution in [0.4, 0.5) is 0 Å². The molecule has 170 valence electrons. The van der Waals surface area contributed by atoms with Gasteiger partial charge in [-0.25, -0.2) is 4.98 Å². The highest BCUT2D eigenvalue weighted by Crippen LogP contribution is 2.33. The number of hydrogen-bond donors (Lipinski definition) is 0. The third kappa shape index (κ3) is 5.13. The van der Waals surface area contributed by atoms with Crippen LogP contribution in [0.3, 0.4) is 0 Å². The summed E-state index contributed by atoms with van der Waals surface area (Å²) in [6.45, 7) is 6.07. The Kier molecular flexibility index (Phi) is 6.74. The Balaban J connectivity index is 1.43. The molecule has 33 heavy (non-hydrogen) atoms. The smallest absolute Gasteiger partial charge is 0.231 e. The lowest BCUT2D eigenvalue weighted by atomic mass is 10.1. The number of thiophene rings is 1. The van der Waals surface area contributed by atoms with Gasteiger partial charge in [0.25, 0.3) is 0 Å². The highest BCUT2D eigenvalue weighted by molar-refractivity contribution is 7.09. The first-order chi connectivity index (χ1) is 16.3. The van der Waals surface area contributed by atoms with Crippen molar-refractivity contribution in [1.82, 2.24) is 14.5 Å². The van der Waals surface area contributed by atoms with Gasteiger partial charge in [-0.15, -0.1) is 11.3 Å². The zero-order valence-corrected chi connectivity index (χ0v) is 19.8. The Labute approximate surface area is 199 Å². The second kappa shape index (κ2) is 10.2. The first kappa shape index (κ1) is 21.7. The summed E-state index contributed by atoms with van der Waals surface area (Å²) in [7, 11) is 0. The highest BCUT2D eigenvalue weighted by Gasteiger charge is 2.18. The molecule has 4 aromatic rings. The molecule has 5 nitrogen and oxygen atoms in total. The number of hydrogen-bond acceptors (Lipinski definition) is 5. The van der Waals surface area contributed by atoms with Gasteiger partial charge >= 0.3 is 0 Å². The molecule has 1 aliphatic heterocycles. The van der Waals surface area contributed by atoms with Crippen molar-refractivity contribution >= 4 is 11.3 Å². The third-order valence-electron chi connectivity index (χ3n) is 5.89. The molecule has 0 bridgehead atoms.